The van der Waals surface area contributed by atoms with Crippen LogP contribution in [-0.2, 0) is 20.9 Å². The van der Waals surface area contributed by atoms with Crippen molar-refractivity contribution in [1.82, 2.24) is 10.6 Å². The summed E-state index contributed by atoms with van der Waals surface area (Å²) in [5, 5.41) is 6.06. The van der Waals surface area contributed by atoms with Crippen molar-refractivity contribution >= 4 is 12.1 Å². The van der Waals surface area contributed by atoms with Crippen LogP contribution < -0.4 is 10.6 Å². The van der Waals surface area contributed by atoms with Crippen LogP contribution >= 0.6 is 0 Å². The predicted molar refractivity (Wildman–Crippen MR) is 94.8 cm³/mol. The molecule has 1 saturated carbocycles. The average molecular weight is 348 g/mol. The van der Waals surface area contributed by atoms with Crippen molar-refractivity contribution in [3.8, 4) is 0 Å². The smallest absolute Gasteiger partial charge is 0.407 e. The van der Waals surface area contributed by atoms with Gasteiger partial charge in [-0.15, -0.1) is 0 Å². The molecule has 2 N–H and O–H groups in total. The van der Waals surface area contributed by atoms with Gasteiger partial charge in [-0.25, -0.2) is 4.79 Å². The summed E-state index contributed by atoms with van der Waals surface area (Å²) in [6.07, 6.45) is 5.41. The highest BCUT2D eigenvalue weighted by Gasteiger charge is 2.25. The number of hydrogen-bond donors (Lipinski definition) is 2. The molecule has 1 fully saturated rings. The van der Waals surface area contributed by atoms with Crippen LogP contribution in [0.25, 0.3) is 0 Å². The molecule has 6 nitrogen and oxygen atoms in total. The van der Waals surface area contributed by atoms with Gasteiger partial charge in [0, 0.05) is 19.5 Å². The zero-order valence-corrected chi connectivity index (χ0v) is 14.8. The molecule has 0 radical (unpaired) electrons. The molecule has 138 valence electrons. The molecule has 1 atom stereocenters. The number of benzene rings is 1. The summed E-state index contributed by atoms with van der Waals surface area (Å²) in [4.78, 5) is 23.0. The van der Waals surface area contributed by atoms with Crippen LogP contribution in [0.3, 0.4) is 0 Å². The predicted octanol–water partition coefficient (Wildman–Crippen LogP) is 2.97. The third kappa shape index (κ3) is 7.56. The minimum atomic E-state index is -0.409. The average Bonchev–Trinajstić information content (AvgIpc) is 2.64. The first-order valence-electron chi connectivity index (χ1n) is 8.96. The van der Waals surface area contributed by atoms with Crippen LogP contribution in [0.5, 0.6) is 0 Å². The van der Waals surface area contributed by atoms with Crippen LogP contribution in [0.2, 0.25) is 0 Å². The van der Waals surface area contributed by atoms with E-state index in [1.54, 1.807) is 0 Å². The Hall–Kier alpha value is -2.08. The highest BCUT2D eigenvalue weighted by molar-refractivity contribution is 5.67. The molecule has 1 aromatic carbocycles. The van der Waals surface area contributed by atoms with Crippen LogP contribution in [0, 0.1) is 5.92 Å². The number of carbonyl (C=O) groups excluding carboxylic acids is 2. The largest absolute Gasteiger partial charge is 0.450 e. The van der Waals surface area contributed by atoms with Crippen LogP contribution in [0.15, 0.2) is 30.3 Å². The normalized spacial score (nSPS) is 16.0. The SMILES string of the molecule is CC(=O)OCNCC(NC(=O)OCc1ccccc1)C1CCCCC1. The van der Waals surface area contributed by atoms with Gasteiger partial charge in [0.1, 0.15) is 13.3 Å². The molecule has 1 aliphatic rings. The fourth-order valence-electron chi connectivity index (χ4n) is 3.16. The van der Waals surface area contributed by atoms with Gasteiger partial charge in [-0.2, -0.15) is 0 Å². The lowest BCUT2D eigenvalue weighted by Gasteiger charge is -2.30. The van der Waals surface area contributed by atoms with Crippen LogP contribution in [0.1, 0.15) is 44.6 Å². The molecule has 1 amide bonds. The molecule has 0 saturated heterocycles. The number of amides is 1. The Labute approximate surface area is 149 Å². The molecule has 25 heavy (non-hydrogen) atoms. The van der Waals surface area contributed by atoms with Crippen molar-refractivity contribution in [2.75, 3.05) is 13.3 Å². The Kier molecular flexibility index (Phi) is 8.25. The summed E-state index contributed by atoms with van der Waals surface area (Å²) in [5.74, 6) is 0.0970. The van der Waals surface area contributed by atoms with Crippen LogP contribution in [0.4, 0.5) is 4.79 Å². The molecule has 1 aliphatic carbocycles. The van der Waals surface area contributed by atoms with Crippen molar-refractivity contribution in [2.45, 2.75) is 51.7 Å². The monoisotopic (exact) mass is 348 g/mol. The number of carbonyl (C=O) groups is 2. The molecule has 2 rings (SSSR count). The van der Waals surface area contributed by atoms with Crippen molar-refractivity contribution in [2.24, 2.45) is 5.92 Å². The van der Waals surface area contributed by atoms with Gasteiger partial charge in [0.05, 0.1) is 0 Å². The second-order valence-corrected chi connectivity index (χ2v) is 6.45. The number of ether oxygens (including phenoxy) is 2. The zero-order valence-electron chi connectivity index (χ0n) is 14.8. The summed E-state index contributed by atoms with van der Waals surface area (Å²) in [6, 6.07) is 9.58. The first kappa shape index (κ1) is 19.2. The highest BCUT2D eigenvalue weighted by atomic mass is 16.5. The van der Waals surface area contributed by atoms with E-state index in [-0.39, 0.29) is 25.3 Å². The lowest BCUT2D eigenvalue weighted by Crippen LogP contribution is -2.47. The number of hydrogen-bond acceptors (Lipinski definition) is 5. The van der Waals surface area contributed by atoms with Crippen molar-refractivity contribution in [3.63, 3.8) is 0 Å². The Balaban J connectivity index is 1.80. The standard InChI is InChI=1S/C19H28N2O4/c1-15(22)25-14-20-12-18(17-10-6-3-7-11-17)21-19(23)24-13-16-8-4-2-5-9-16/h2,4-5,8-9,17-18,20H,3,6-7,10-14H2,1H3,(H,21,23). The van der Waals surface area contributed by atoms with E-state index in [1.165, 1.54) is 26.2 Å². The van der Waals surface area contributed by atoms with Crippen molar-refractivity contribution in [1.29, 1.82) is 0 Å². The van der Waals surface area contributed by atoms with Crippen LogP contribution in [-0.4, -0.2) is 31.4 Å². The molecule has 0 bridgehead atoms. The fourth-order valence-corrected chi connectivity index (χ4v) is 3.16. The Bertz CT molecular complexity index is 529. The summed E-state index contributed by atoms with van der Waals surface area (Å²) < 4.78 is 10.2. The quantitative estimate of drug-likeness (QED) is 0.429. The molecule has 1 aromatic rings. The molecule has 0 spiro atoms. The highest BCUT2D eigenvalue weighted by Crippen LogP contribution is 2.26. The maximum absolute atomic E-state index is 12.2. The van der Waals surface area contributed by atoms with Gasteiger partial charge >= 0.3 is 12.1 Å². The summed E-state index contributed by atoms with van der Waals surface area (Å²) in [6.45, 7) is 2.34. The second kappa shape index (κ2) is 10.7. The molecule has 0 aromatic heterocycles. The molecule has 6 heteroatoms. The van der Waals surface area contributed by atoms with E-state index < -0.39 is 6.09 Å². The van der Waals surface area contributed by atoms with Gasteiger partial charge in [0.15, 0.2) is 0 Å². The Morgan fingerprint density at radius 2 is 1.84 bits per heavy atom. The number of esters is 1. The van der Waals surface area contributed by atoms with Gasteiger partial charge in [-0.05, 0) is 24.3 Å². The minimum absolute atomic E-state index is 0.0286. The van der Waals surface area contributed by atoms with Gasteiger partial charge in [0.25, 0.3) is 0 Å². The minimum Gasteiger partial charge on any atom is -0.450 e. The third-order valence-electron chi connectivity index (χ3n) is 4.48. The summed E-state index contributed by atoms with van der Waals surface area (Å²) in [5.41, 5.74) is 0.958. The number of alkyl carbamates (subject to hydrolysis) is 1. The van der Waals surface area contributed by atoms with Crippen molar-refractivity contribution < 1.29 is 19.1 Å². The number of rotatable bonds is 8. The lowest BCUT2D eigenvalue weighted by atomic mass is 9.84. The Morgan fingerprint density at radius 1 is 1.12 bits per heavy atom. The molecule has 0 aliphatic heterocycles. The van der Waals surface area contributed by atoms with E-state index in [9.17, 15) is 9.59 Å². The first-order chi connectivity index (χ1) is 12.1. The maximum atomic E-state index is 12.2. The van der Waals surface area contributed by atoms with Gasteiger partial charge in [-0.3, -0.25) is 10.1 Å². The van der Waals surface area contributed by atoms with Crippen molar-refractivity contribution in [3.05, 3.63) is 35.9 Å². The molecular formula is C19H28N2O4. The third-order valence-corrected chi connectivity index (χ3v) is 4.48. The first-order valence-corrected chi connectivity index (χ1v) is 8.96. The summed E-state index contributed by atoms with van der Waals surface area (Å²) in [7, 11) is 0. The van der Waals surface area contributed by atoms with Gasteiger partial charge in [0.2, 0.25) is 0 Å². The van der Waals surface area contributed by atoms with E-state index in [2.05, 4.69) is 10.6 Å². The van der Waals surface area contributed by atoms with E-state index in [0.29, 0.717) is 12.5 Å². The second-order valence-electron chi connectivity index (χ2n) is 6.45. The number of nitrogens with one attached hydrogen (secondary N) is 2. The maximum Gasteiger partial charge on any atom is 0.407 e. The fraction of sp³-hybridized carbons (Fsp3) is 0.579. The topological polar surface area (TPSA) is 76.7 Å². The Morgan fingerprint density at radius 3 is 2.52 bits per heavy atom. The van der Waals surface area contributed by atoms with Gasteiger partial charge in [-0.1, -0.05) is 49.6 Å². The van der Waals surface area contributed by atoms with E-state index in [0.717, 1.165) is 18.4 Å². The molecule has 0 heterocycles. The molecular weight excluding hydrogens is 320 g/mol. The lowest BCUT2D eigenvalue weighted by molar-refractivity contribution is -0.141. The van der Waals surface area contributed by atoms with E-state index >= 15 is 0 Å². The van der Waals surface area contributed by atoms with E-state index in [1.807, 2.05) is 30.3 Å². The summed E-state index contributed by atoms with van der Waals surface area (Å²) >= 11 is 0. The zero-order chi connectivity index (χ0) is 17.9. The van der Waals surface area contributed by atoms with Gasteiger partial charge < -0.3 is 14.8 Å². The van der Waals surface area contributed by atoms with E-state index in [4.69, 9.17) is 9.47 Å². The molecule has 1 unspecified atom stereocenters.